The van der Waals surface area contributed by atoms with E-state index in [2.05, 4.69) is 6.58 Å². The lowest BCUT2D eigenvalue weighted by Crippen LogP contribution is -2.20. The van der Waals surface area contributed by atoms with Crippen molar-refractivity contribution in [3.63, 3.8) is 0 Å². The lowest BCUT2D eigenvalue weighted by Gasteiger charge is -2.11. The molecule has 0 aromatic heterocycles. The van der Waals surface area contributed by atoms with E-state index in [9.17, 15) is 9.18 Å². The Hall–Kier alpha value is -0.940. The maximum atomic E-state index is 12.1. The average molecular weight is 178 g/mol. The van der Waals surface area contributed by atoms with Crippen molar-refractivity contribution in [1.29, 1.82) is 0 Å². The molecule has 2 unspecified atom stereocenters. The van der Waals surface area contributed by atoms with E-state index in [1.54, 1.807) is 0 Å². The number of hydrogen-bond donors (Lipinski definition) is 3. The van der Waals surface area contributed by atoms with E-state index in [4.69, 9.17) is 15.3 Å². The molecule has 3 N–H and O–H groups in total. The first kappa shape index (κ1) is 11.1. The summed E-state index contributed by atoms with van der Waals surface area (Å²) in [5.74, 6) is -2.17. The van der Waals surface area contributed by atoms with E-state index < -0.39 is 30.4 Å². The molecule has 0 saturated carbocycles. The summed E-state index contributed by atoms with van der Waals surface area (Å²) >= 11 is 0. The number of carbonyl (C=O) groups is 1. The molecule has 0 aliphatic carbocycles. The van der Waals surface area contributed by atoms with E-state index in [-0.39, 0.29) is 6.42 Å². The first-order valence-electron chi connectivity index (χ1n) is 3.35. The summed E-state index contributed by atoms with van der Waals surface area (Å²) in [6.45, 7) is 2.81. The van der Waals surface area contributed by atoms with Crippen LogP contribution in [0.2, 0.25) is 0 Å². The van der Waals surface area contributed by atoms with Crippen LogP contribution in [0.5, 0.6) is 0 Å². The molecule has 0 saturated heterocycles. The number of aliphatic carboxylic acids is 1. The van der Waals surface area contributed by atoms with Crippen LogP contribution in [0.4, 0.5) is 4.39 Å². The van der Waals surface area contributed by atoms with E-state index in [1.165, 1.54) is 0 Å². The molecule has 0 aromatic rings. The fraction of sp³-hybridized carbons (Fsp3) is 0.571. The predicted octanol–water partition coefficient (Wildman–Crippen LogP) is 0.0562. The van der Waals surface area contributed by atoms with Crippen molar-refractivity contribution < 1.29 is 24.5 Å². The number of hydrogen-bond acceptors (Lipinski definition) is 3. The second kappa shape index (κ2) is 4.84. The molecule has 0 heterocycles. The van der Waals surface area contributed by atoms with Crippen molar-refractivity contribution in [1.82, 2.24) is 0 Å². The minimum atomic E-state index is -1.49. The van der Waals surface area contributed by atoms with Gasteiger partial charge in [0.1, 0.15) is 11.9 Å². The summed E-state index contributed by atoms with van der Waals surface area (Å²) in [5, 5.41) is 25.9. The van der Waals surface area contributed by atoms with Gasteiger partial charge in [0, 0.05) is 6.42 Å². The summed E-state index contributed by atoms with van der Waals surface area (Å²) in [5.41, 5.74) is 0. The van der Waals surface area contributed by atoms with Gasteiger partial charge in [0.25, 0.3) is 0 Å². The standard InChI is InChI=1S/C7H11FO4/c1-4(8)6(10)2-5(9)3-7(11)12/h5-6,9-10H,1-3H2,(H,11,12). The fourth-order valence-corrected chi connectivity index (χ4v) is 0.670. The van der Waals surface area contributed by atoms with Crippen molar-refractivity contribution >= 4 is 5.97 Å². The van der Waals surface area contributed by atoms with Crippen molar-refractivity contribution in [2.45, 2.75) is 25.0 Å². The normalized spacial score (nSPS) is 15.2. The molecule has 5 heteroatoms. The molecule has 0 bridgehead atoms. The highest BCUT2D eigenvalue weighted by atomic mass is 19.1. The molecule has 4 nitrogen and oxygen atoms in total. The third-order valence-corrected chi connectivity index (χ3v) is 1.27. The number of aliphatic hydroxyl groups excluding tert-OH is 2. The Morgan fingerprint density at radius 3 is 2.33 bits per heavy atom. The minimum Gasteiger partial charge on any atom is -0.481 e. The summed E-state index contributed by atoms with van der Waals surface area (Å²) in [7, 11) is 0. The van der Waals surface area contributed by atoms with Gasteiger partial charge in [0.15, 0.2) is 0 Å². The van der Waals surface area contributed by atoms with E-state index in [1.807, 2.05) is 0 Å². The molecule has 2 atom stereocenters. The van der Waals surface area contributed by atoms with Crippen LogP contribution in [0.15, 0.2) is 12.4 Å². The van der Waals surface area contributed by atoms with Gasteiger partial charge < -0.3 is 15.3 Å². The third-order valence-electron chi connectivity index (χ3n) is 1.27. The Morgan fingerprint density at radius 2 is 2.00 bits per heavy atom. The van der Waals surface area contributed by atoms with Gasteiger partial charge in [-0.3, -0.25) is 4.79 Å². The first-order valence-corrected chi connectivity index (χ1v) is 3.35. The van der Waals surface area contributed by atoms with E-state index in [0.29, 0.717) is 0 Å². The number of carboxylic acid groups (broad SMARTS) is 1. The van der Waals surface area contributed by atoms with Crippen LogP contribution in [-0.4, -0.2) is 33.5 Å². The zero-order chi connectivity index (χ0) is 9.72. The molecule has 70 valence electrons. The molecule has 0 fully saturated rings. The molecule has 12 heavy (non-hydrogen) atoms. The van der Waals surface area contributed by atoms with Gasteiger partial charge in [0.2, 0.25) is 0 Å². The molecule has 0 aliphatic rings. The Kier molecular flexibility index (Phi) is 4.46. The Bertz CT molecular complexity index is 180. The van der Waals surface area contributed by atoms with Gasteiger partial charge in [-0.05, 0) is 0 Å². The Balaban J connectivity index is 3.76. The first-order chi connectivity index (χ1) is 5.43. The average Bonchev–Trinajstić information content (AvgIpc) is 1.84. The highest BCUT2D eigenvalue weighted by molar-refractivity contribution is 5.67. The number of rotatable bonds is 5. The van der Waals surface area contributed by atoms with Crippen LogP contribution in [-0.2, 0) is 4.79 Å². The van der Waals surface area contributed by atoms with Gasteiger partial charge in [-0.1, -0.05) is 6.58 Å². The fourth-order valence-electron chi connectivity index (χ4n) is 0.670. The van der Waals surface area contributed by atoms with E-state index >= 15 is 0 Å². The van der Waals surface area contributed by atoms with E-state index in [0.717, 1.165) is 0 Å². The smallest absolute Gasteiger partial charge is 0.305 e. The second-order valence-corrected chi connectivity index (χ2v) is 2.45. The second-order valence-electron chi connectivity index (χ2n) is 2.45. The zero-order valence-corrected chi connectivity index (χ0v) is 6.40. The summed E-state index contributed by atoms with van der Waals surface area (Å²) in [6, 6.07) is 0. The van der Waals surface area contributed by atoms with Gasteiger partial charge in [0.05, 0.1) is 12.5 Å². The molecule has 0 radical (unpaired) electrons. The van der Waals surface area contributed by atoms with Gasteiger partial charge in [-0.15, -0.1) is 0 Å². The van der Waals surface area contributed by atoms with Crippen molar-refractivity contribution in [2.75, 3.05) is 0 Å². The highest BCUT2D eigenvalue weighted by Gasteiger charge is 2.16. The lowest BCUT2D eigenvalue weighted by molar-refractivity contribution is -0.139. The molecule has 0 aromatic carbocycles. The predicted molar refractivity (Wildman–Crippen MR) is 39.1 cm³/mol. The van der Waals surface area contributed by atoms with Crippen LogP contribution in [0, 0.1) is 0 Å². The number of carboxylic acids is 1. The molecule has 0 amide bonds. The van der Waals surface area contributed by atoms with Crippen molar-refractivity contribution in [3.8, 4) is 0 Å². The van der Waals surface area contributed by atoms with Gasteiger partial charge >= 0.3 is 5.97 Å². The van der Waals surface area contributed by atoms with Crippen LogP contribution < -0.4 is 0 Å². The third kappa shape index (κ3) is 4.81. The Labute approximate surface area is 68.9 Å². The zero-order valence-electron chi connectivity index (χ0n) is 6.40. The Morgan fingerprint density at radius 1 is 1.50 bits per heavy atom. The van der Waals surface area contributed by atoms with Crippen LogP contribution in [0.3, 0.4) is 0 Å². The quantitative estimate of drug-likeness (QED) is 0.556. The molecule has 0 aliphatic heterocycles. The molecular weight excluding hydrogens is 167 g/mol. The van der Waals surface area contributed by atoms with Crippen LogP contribution in [0.1, 0.15) is 12.8 Å². The SMILES string of the molecule is C=C(F)C(O)CC(O)CC(=O)O. The minimum absolute atomic E-state index is 0.346. The lowest BCUT2D eigenvalue weighted by atomic mass is 10.1. The monoisotopic (exact) mass is 178 g/mol. The maximum Gasteiger partial charge on any atom is 0.305 e. The largest absolute Gasteiger partial charge is 0.481 e. The molecule has 0 rings (SSSR count). The molecular formula is C7H11FO4. The summed E-state index contributed by atoms with van der Waals surface area (Å²) in [6.07, 6.45) is -3.59. The van der Waals surface area contributed by atoms with Crippen molar-refractivity contribution in [2.24, 2.45) is 0 Å². The van der Waals surface area contributed by atoms with Gasteiger partial charge in [-0.25, -0.2) is 4.39 Å². The van der Waals surface area contributed by atoms with Crippen LogP contribution in [0.25, 0.3) is 0 Å². The van der Waals surface area contributed by atoms with Gasteiger partial charge in [-0.2, -0.15) is 0 Å². The number of halogens is 1. The molecule has 0 spiro atoms. The van der Waals surface area contributed by atoms with Crippen LogP contribution >= 0.6 is 0 Å². The van der Waals surface area contributed by atoms with Crippen molar-refractivity contribution in [3.05, 3.63) is 12.4 Å². The summed E-state index contributed by atoms with van der Waals surface area (Å²) < 4.78 is 12.1. The topological polar surface area (TPSA) is 77.8 Å². The number of aliphatic hydroxyl groups is 2. The summed E-state index contributed by atoms with van der Waals surface area (Å²) in [4.78, 5) is 10.0. The maximum absolute atomic E-state index is 12.1. The highest BCUT2D eigenvalue weighted by Crippen LogP contribution is 2.09.